The number of hydrogen-bond acceptors (Lipinski definition) is 4. The van der Waals surface area contributed by atoms with Gasteiger partial charge in [-0.15, -0.1) is 0 Å². The van der Waals surface area contributed by atoms with Gasteiger partial charge in [-0.05, 0) is 24.1 Å². The summed E-state index contributed by atoms with van der Waals surface area (Å²) in [6.07, 6.45) is 0.881. The van der Waals surface area contributed by atoms with E-state index in [1.165, 1.54) is 17.7 Å². The average molecular weight is 299 g/mol. The maximum absolute atomic E-state index is 12.5. The fourth-order valence-electron chi connectivity index (χ4n) is 2.85. The topological polar surface area (TPSA) is 81.0 Å². The van der Waals surface area contributed by atoms with E-state index in [9.17, 15) is 20.1 Å². The standard InChI is InChI=1S/C17H17NO4/c19-14-8-13(9-15(20)16(14)21)17(22)18-7-6-12(10-18)11-4-2-1-3-5-11/h1-5,8-9,12,19-21H,6-7,10H2. The molecule has 22 heavy (non-hydrogen) atoms. The normalized spacial score (nSPS) is 17.6. The predicted octanol–water partition coefficient (Wildman–Crippen LogP) is 2.43. The van der Waals surface area contributed by atoms with Crippen LogP contribution in [0.5, 0.6) is 17.2 Å². The molecule has 0 saturated carbocycles. The van der Waals surface area contributed by atoms with Crippen molar-refractivity contribution in [2.24, 2.45) is 0 Å². The first-order valence-corrected chi connectivity index (χ1v) is 7.15. The van der Waals surface area contributed by atoms with Crippen molar-refractivity contribution >= 4 is 5.91 Å². The lowest BCUT2D eigenvalue weighted by Crippen LogP contribution is -2.28. The van der Waals surface area contributed by atoms with Crippen LogP contribution in [-0.4, -0.2) is 39.2 Å². The van der Waals surface area contributed by atoms with Gasteiger partial charge in [-0.1, -0.05) is 30.3 Å². The van der Waals surface area contributed by atoms with E-state index in [0.29, 0.717) is 19.0 Å². The van der Waals surface area contributed by atoms with Crippen LogP contribution in [0.25, 0.3) is 0 Å². The van der Waals surface area contributed by atoms with E-state index >= 15 is 0 Å². The van der Waals surface area contributed by atoms with Gasteiger partial charge in [0, 0.05) is 24.6 Å². The van der Waals surface area contributed by atoms with Gasteiger partial charge in [0.1, 0.15) is 0 Å². The third-order valence-electron chi connectivity index (χ3n) is 4.06. The van der Waals surface area contributed by atoms with Crippen LogP contribution in [0.3, 0.4) is 0 Å². The van der Waals surface area contributed by atoms with Crippen molar-refractivity contribution in [1.82, 2.24) is 4.90 Å². The first-order valence-electron chi connectivity index (χ1n) is 7.15. The van der Waals surface area contributed by atoms with Crippen molar-refractivity contribution < 1.29 is 20.1 Å². The molecule has 1 atom stereocenters. The molecule has 2 aromatic rings. The number of aromatic hydroxyl groups is 3. The lowest BCUT2D eigenvalue weighted by molar-refractivity contribution is 0.0790. The van der Waals surface area contributed by atoms with Crippen LogP contribution in [0.2, 0.25) is 0 Å². The van der Waals surface area contributed by atoms with Gasteiger partial charge in [-0.2, -0.15) is 0 Å². The maximum Gasteiger partial charge on any atom is 0.254 e. The molecule has 1 unspecified atom stereocenters. The highest BCUT2D eigenvalue weighted by Gasteiger charge is 2.28. The van der Waals surface area contributed by atoms with E-state index in [1.807, 2.05) is 18.2 Å². The van der Waals surface area contributed by atoms with Crippen LogP contribution >= 0.6 is 0 Å². The Balaban J connectivity index is 1.77. The second kappa shape index (κ2) is 5.60. The largest absolute Gasteiger partial charge is 0.504 e. The number of likely N-dealkylation sites (tertiary alicyclic amines) is 1. The Kier molecular flexibility index (Phi) is 3.63. The molecule has 1 amide bonds. The molecule has 0 bridgehead atoms. The number of phenolic OH excluding ortho intramolecular Hbond substituents is 3. The summed E-state index contributed by atoms with van der Waals surface area (Å²) in [6, 6.07) is 12.4. The second-order valence-electron chi connectivity index (χ2n) is 5.51. The molecule has 5 heteroatoms. The summed E-state index contributed by atoms with van der Waals surface area (Å²) in [7, 11) is 0. The molecular weight excluding hydrogens is 282 g/mol. The molecule has 3 rings (SSSR count). The van der Waals surface area contributed by atoms with Crippen molar-refractivity contribution in [3.05, 3.63) is 53.6 Å². The number of amides is 1. The van der Waals surface area contributed by atoms with Crippen LogP contribution in [0.1, 0.15) is 28.3 Å². The van der Waals surface area contributed by atoms with E-state index < -0.39 is 17.2 Å². The first-order chi connectivity index (χ1) is 10.6. The highest BCUT2D eigenvalue weighted by molar-refractivity contribution is 5.95. The summed E-state index contributed by atoms with van der Waals surface area (Å²) >= 11 is 0. The van der Waals surface area contributed by atoms with Crippen LogP contribution in [0, 0.1) is 0 Å². The Bertz CT molecular complexity index is 676. The number of rotatable bonds is 2. The van der Waals surface area contributed by atoms with E-state index in [2.05, 4.69) is 12.1 Å². The van der Waals surface area contributed by atoms with Gasteiger partial charge < -0.3 is 20.2 Å². The molecule has 0 aliphatic carbocycles. The van der Waals surface area contributed by atoms with Crippen LogP contribution in [-0.2, 0) is 0 Å². The fraction of sp³-hybridized carbons (Fsp3) is 0.235. The van der Waals surface area contributed by atoms with E-state index in [-0.39, 0.29) is 11.5 Å². The molecule has 0 spiro atoms. The Morgan fingerprint density at radius 2 is 1.68 bits per heavy atom. The predicted molar refractivity (Wildman–Crippen MR) is 81.1 cm³/mol. The minimum absolute atomic E-state index is 0.168. The summed E-state index contributed by atoms with van der Waals surface area (Å²) in [5.74, 6) is -1.57. The van der Waals surface area contributed by atoms with Crippen molar-refractivity contribution in [2.45, 2.75) is 12.3 Å². The lowest BCUT2D eigenvalue weighted by atomic mass is 9.99. The minimum Gasteiger partial charge on any atom is -0.504 e. The van der Waals surface area contributed by atoms with Gasteiger partial charge in [0.25, 0.3) is 5.91 Å². The first kappa shape index (κ1) is 14.3. The molecule has 114 valence electrons. The monoisotopic (exact) mass is 299 g/mol. The maximum atomic E-state index is 12.5. The minimum atomic E-state index is -0.611. The van der Waals surface area contributed by atoms with Crippen molar-refractivity contribution in [1.29, 1.82) is 0 Å². The summed E-state index contributed by atoms with van der Waals surface area (Å²) in [4.78, 5) is 14.2. The van der Waals surface area contributed by atoms with Gasteiger partial charge in [-0.25, -0.2) is 0 Å². The van der Waals surface area contributed by atoms with Gasteiger partial charge in [-0.3, -0.25) is 4.79 Å². The number of benzene rings is 2. The van der Waals surface area contributed by atoms with Crippen molar-refractivity contribution in [3.63, 3.8) is 0 Å². The highest BCUT2D eigenvalue weighted by Crippen LogP contribution is 2.36. The Labute approximate surface area is 128 Å². The quantitative estimate of drug-likeness (QED) is 0.744. The smallest absolute Gasteiger partial charge is 0.254 e. The third-order valence-corrected chi connectivity index (χ3v) is 4.06. The van der Waals surface area contributed by atoms with Crippen LogP contribution in [0.15, 0.2) is 42.5 Å². The summed E-state index contributed by atoms with van der Waals surface area (Å²) in [6.45, 7) is 1.23. The van der Waals surface area contributed by atoms with Crippen molar-refractivity contribution in [3.8, 4) is 17.2 Å². The highest BCUT2D eigenvalue weighted by atomic mass is 16.3. The third kappa shape index (κ3) is 2.57. The van der Waals surface area contributed by atoms with Crippen LogP contribution in [0.4, 0.5) is 0 Å². The van der Waals surface area contributed by atoms with Crippen LogP contribution < -0.4 is 0 Å². The van der Waals surface area contributed by atoms with Gasteiger partial charge in [0.15, 0.2) is 17.2 Å². The molecule has 0 aromatic heterocycles. The van der Waals surface area contributed by atoms with E-state index in [1.54, 1.807) is 4.90 Å². The Morgan fingerprint density at radius 1 is 1.05 bits per heavy atom. The fourth-order valence-corrected chi connectivity index (χ4v) is 2.85. The molecule has 1 aliphatic heterocycles. The number of carbonyl (C=O) groups is 1. The molecule has 1 aliphatic rings. The van der Waals surface area contributed by atoms with E-state index in [0.717, 1.165) is 6.42 Å². The molecule has 0 radical (unpaired) electrons. The summed E-state index contributed by atoms with van der Waals surface area (Å²) in [5, 5.41) is 28.4. The molecule has 1 fully saturated rings. The SMILES string of the molecule is O=C(c1cc(O)c(O)c(O)c1)N1CCC(c2ccccc2)C1. The zero-order valence-corrected chi connectivity index (χ0v) is 11.9. The molecule has 3 N–H and O–H groups in total. The van der Waals surface area contributed by atoms with Gasteiger partial charge >= 0.3 is 0 Å². The second-order valence-corrected chi connectivity index (χ2v) is 5.51. The van der Waals surface area contributed by atoms with Crippen molar-refractivity contribution in [2.75, 3.05) is 13.1 Å². The van der Waals surface area contributed by atoms with Gasteiger partial charge in [0.05, 0.1) is 0 Å². The van der Waals surface area contributed by atoms with Gasteiger partial charge in [0.2, 0.25) is 0 Å². The Morgan fingerprint density at radius 3 is 2.32 bits per heavy atom. The van der Waals surface area contributed by atoms with E-state index in [4.69, 9.17) is 0 Å². The summed E-state index contributed by atoms with van der Waals surface area (Å²) in [5.41, 5.74) is 1.37. The average Bonchev–Trinajstić information content (AvgIpc) is 3.02. The molecule has 1 saturated heterocycles. The zero-order valence-electron chi connectivity index (χ0n) is 11.9. The summed E-state index contributed by atoms with van der Waals surface area (Å²) < 4.78 is 0. The number of nitrogens with zero attached hydrogens (tertiary/aromatic N) is 1. The zero-order chi connectivity index (χ0) is 15.7. The number of phenols is 3. The Hall–Kier alpha value is -2.69. The molecule has 1 heterocycles. The lowest BCUT2D eigenvalue weighted by Gasteiger charge is -2.17. The number of carbonyl (C=O) groups excluding carboxylic acids is 1. The number of hydrogen-bond donors (Lipinski definition) is 3. The molecule has 2 aromatic carbocycles. The molecule has 5 nitrogen and oxygen atoms in total. The molecular formula is C17H17NO4.